The maximum absolute atomic E-state index is 14.3. The van der Waals surface area contributed by atoms with Crippen LogP contribution in [0.25, 0.3) is 0 Å². The highest BCUT2D eigenvalue weighted by molar-refractivity contribution is 5.11. The number of H-pyrrole nitrogens is 1. The number of rotatable bonds is 12. The molecule has 0 saturated carbocycles. The lowest BCUT2D eigenvalue weighted by atomic mass is 9.87. The molecule has 0 bridgehead atoms. The van der Waals surface area contributed by atoms with Crippen LogP contribution in [0.3, 0.4) is 0 Å². The molecule has 2 rings (SSSR count). The summed E-state index contributed by atoms with van der Waals surface area (Å²) in [7, 11) is 0. The first-order valence-electron chi connectivity index (χ1n) is 9.96. The second kappa shape index (κ2) is 10.4. The fourth-order valence-electron chi connectivity index (χ4n) is 3.42. The molecule has 0 aliphatic carbocycles. The van der Waals surface area contributed by atoms with E-state index in [1.807, 2.05) is 13.8 Å². The Bertz CT molecular complexity index is 755. The Labute approximate surface area is 168 Å². The van der Waals surface area contributed by atoms with E-state index in [1.54, 1.807) is 0 Å². The van der Waals surface area contributed by atoms with Crippen molar-refractivity contribution in [3.63, 3.8) is 0 Å². The third-order valence-corrected chi connectivity index (χ3v) is 5.06. The van der Waals surface area contributed by atoms with Gasteiger partial charge < -0.3 is 24.4 Å². The molecule has 1 aliphatic rings. The summed E-state index contributed by atoms with van der Waals surface area (Å²) in [5, 5.41) is 21.3. The zero-order valence-electron chi connectivity index (χ0n) is 16.9. The third kappa shape index (κ3) is 4.95. The summed E-state index contributed by atoms with van der Waals surface area (Å²) < 4.78 is 32.5. The number of ether oxygens (including phenoxy) is 3. The summed E-state index contributed by atoms with van der Waals surface area (Å²) in [5.41, 5.74) is -5.34. The van der Waals surface area contributed by atoms with Crippen LogP contribution in [-0.2, 0) is 14.2 Å². The molecule has 0 unspecified atom stereocenters. The molecule has 3 N–H and O–H groups in total. The monoisotopic (exact) mass is 418 g/mol. The first-order valence-corrected chi connectivity index (χ1v) is 9.96. The van der Waals surface area contributed by atoms with Crippen molar-refractivity contribution in [1.29, 1.82) is 0 Å². The number of hydrogen-bond donors (Lipinski definition) is 3. The largest absolute Gasteiger partial charge is 0.393 e. The van der Waals surface area contributed by atoms with Crippen molar-refractivity contribution < 1.29 is 28.8 Å². The van der Waals surface area contributed by atoms with Crippen LogP contribution in [0.5, 0.6) is 0 Å². The number of hydrogen-bond acceptors (Lipinski definition) is 7. The van der Waals surface area contributed by atoms with Gasteiger partial charge in [0.2, 0.25) is 0 Å². The summed E-state index contributed by atoms with van der Waals surface area (Å²) in [6.45, 7) is 2.37. The highest BCUT2D eigenvalue weighted by Crippen LogP contribution is 2.46. The molecule has 1 saturated heterocycles. The molecule has 166 valence electrons. The molecule has 0 radical (unpaired) electrons. The van der Waals surface area contributed by atoms with Gasteiger partial charge in [-0.2, -0.15) is 0 Å². The van der Waals surface area contributed by atoms with Gasteiger partial charge in [0, 0.05) is 25.5 Å². The quantitative estimate of drug-likeness (QED) is 0.422. The molecule has 2 heterocycles. The number of aliphatic hydroxyl groups excluding tert-OH is 1. The Morgan fingerprint density at radius 2 is 1.97 bits per heavy atom. The van der Waals surface area contributed by atoms with E-state index in [4.69, 9.17) is 14.2 Å². The summed E-state index contributed by atoms with van der Waals surface area (Å²) in [6.07, 6.45) is 1.47. The lowest BCUT2D eigenvalue weighted by Gasteiger charge is -2.35. The molecule has 10 heteroatoms. The van der Waals surface area contributed by atoms with Crippen molar-refractivity contribution in [3.8, 4) is 0 Å². The van der Waals surface area contributed by atoms with Gasteiger partial charge in [0.05, 0.1) is 13.2 Å². The van der Waals surface area contributed by atoms with E-state index < -0.39 is 48.1 Å². The minimum Gasteiger partial charge on any atom is -0.393 e. The summed E-state index contributed by atoms with van der Waals surface area (Å²) >= 11 is 0. The molecule has 9 nitrogen and oxygen atoms in total. The van der Waals surface area contributed by atoms with Gasteiger partial charge in [-0.15, -0.1) is 0 Å². The van der Waals surface area contributed by atoms with Crippen LogP contribution >= 0.6 is 0 Å². The van der Waals surface area contributed by atoms with Gasteiger partial charge in [-0.05, 0) is 12.8 Å². The Morgan fingerprint density at radius 1 is 1.28 bits per heavy atom. The molecule has 29 heavy (non-hydrogen) atoms. The van der Waals surface area contributed by atoms with Crippen LogP contribution in [0.1, 0.15) is 45.8 Å². The van der Waals surface area contributed by atoms with Gasteiger partial charge in [-0.1, -0.05) is 26.7 Å². The minimum atomic E-state index is -2.13. The first kappa shape index (κ1) is 23.7. The van der Waals surface area contributed by atoms with Gasteiger partial charge in [0.1, 0.15) is 12.8 Å². The van der Waals surface area contributed by atoms with Crippen molar-refractivity contribution in [1.82, 2.24) is 9.55 Å². The van der Waals surface area contributed by atoms with Crippen LogP contribution in [-0.4, -0.2) is 70.2 Å². The SMILES string of the molecule is CCCCOC[C@@]1(CF)O[C@@H](n2ccc(=O)[nH]c2=O)[C@](O)(CO)[C@@H]1OCCCC. The second-order valence-corrected chi connectivity index (χ2v) is 7.35. The Hall–Kier alpha value is -1.59. The summed E-state index contributed by atoms with van der Waals surface area (Å²) in [4.78, 5) is 25.7. The zero-order valence-corrected chi connectivity index (χ0v) is 16.9. The minimum absolute atomic E-state index is 0.205. The molecule has 1 aromatic heterocycles. The van der Waals surface area contributed by atoms with E-state index >= 15 is 0 Å². The smallest absolute Gasteiger partial charge is 0.330 e. The van der Waals surface area contributed by atoms with Crippen molar-refractivity contribution in [3.05, 3.63) is 33.1 Å². The second-order valence-electron chi connectivity index (χ2n) is 7.35. The Balaban J connectivity index is 2.44. The number of aliphatic hydroxyl groups is 2. The van der Waals surface area contributed by atoms with Crippen molar-refractivity contribution >= 4 is 0 Å². The molecule has 1 aromatic rings. The highest BCUT2D eigenvalue weighted by atomic mass is 19.1. The maximum atomic E-state index is 14.3. The summed E-state index contributed by atoms with van der Waals surface area (Å²) in [6, 6.07) is 1.07. The number of halogens is 1. The first-order chi connectivity index (χ1) is 13.9. The average molecular weight is 418 g/mol. The standard InChI is InChI=1S/C19H31FN2O7/c1-3-5-9-27-13-18(11-20)15(28-10-6-4-2)19(26,12-23)16(29-18)22-8-7-14(24)21-17(22)25/h7-8,15-16,23,26H,3-6,9-13H2,1-2H3,(H,21,24,25)/t15-,16-,18-,19+/m1/s1. The van der Waals surface area contributed by atoms with Gasteiger partial charge in [0.25, 0.3) is 5.56 Å². The van der Waals surface area contributed by atoms with E-state index in [2.05, 4.69) is 4.98 Å². The third-order valence-electron chi connectivity index (χ3n) is 5.06. The van der Waals surface area contributed by atoms with E-state index in [-0.39, 0.29) is 13.2 Å². The zero-order chi connectivity index (χ0) is 21.5. The van der Waals surface area contributed by atoms with E-state index in [1.165, 1.54) is 0 Å². The van der Waals surface area contributed by atoms with E-state index in [0.29, 0.717) is 13.0 Å². The number of nitrogens with one attached hydrogen (secondary N) is 1. The molecule has 4 atom stereocenters. The molecule has 1 aliphatic heterocycles. The lowest BCUT2D eigenvalue weighted by Crippen LogP contribution is -2.58. The number of aromatic nitrogens is 2. The Kier molecular flexibility index (Phi) is 8.53. The van der Waals surface area contributed by atoms with Crippen LogP contribution < -0.4 is 11.2 Å². The number of unbranched alkanes of at least 4 members (excludes halogenated alkanes) is 2. The predicted molar refractivity (Wildman–Crippen MR) is 103 cm³/mol. The fraction of sp³-hybridized carbons (Fsp3) is 0.789. The van der Waals surface area contributed by atoms with Crippen LogP contribution in [0.15, 0.2) is 21.9 Å². The van der Waals surface area contributed by atoms with Crippen LogP contribution in [0.2, 0.25) is 0 Å². The van der Waals surface area contributed by atoms with E-state index in [0.717, 1.165) is 36.1 Å². The van der Waals surface area contributed by atoms with Crippen LogP contribution in [0.4, 0.5) is 4.39 Å². The fourth-order valence-corrected chi connectivity index (χ4v) is 3.42. The molecule has 0 spiro atoms. The lowest BCUT2D eigenvalue weighted by molar-refractivity contribution is -0.162. The van der Waals surface area contributed by atoms with Gasteiger partial charge in [-0.25, -0.2) is 9.18 Å². The van der Waals surface area contributed by atoms with E-state index in [9.17, 15) is 24.2 Å². The predicted octanol–water partition coefficient (Wildman–Crippen LogP) is 0.499. The molecule has 0 aromatic carbocycles. The van der Waals surface area contributed by atoms with Gasteiger partial charge in [0.15, 0.2) is 17.4 Å². The van der Waals surface area contributed by atoms with Crippen molar-refractivity contribution in [2.75, 3.05) is 33.1 Å². The highest BCUT2D eigenvalue weighted by Gasteiger charge is 2.65. The number of alkyl halides is 1. The Morgan fingerprint density at radius 3 is 2.55 bits per heavy atom. The number of aromatic amines is 1. The topological polar surface area (TPSA) is 123 Å². The van der Waals surface area contributed by atoms with Gasteiger partial charge in [-0.3, -0.25) is 14.3 Å². The number of nitrogens with zero attached hydrogens (tertiary/aromatic N) is 1. The summed E-state index contributed by atoms with van der Waals surface area (Å²) in [5.74, 6) is 0. The van der Waals surface area contributed by atoms with Gasteiger partial charge >= 0.3 is 5.69 Å². The molecule has 1 fully saturated rings. The normalized spacial score (nSPS) is 29.4. The molecule has 0 amide bonds. The molecular weight excluding hydrogens is 387 g/mol. The maximum Gasteiger partial charge on any atom is 0.330 e. The average Bonchev–Trinajstić information content (AvgIpc) is 2.95. The van der Waals surface area contributed by atoms with Crippen molar-refractivity contribution in [2.24, 2.45) is 0 Å². The van der Waals surface area contributed by atoms with Crippen molar-refractivity contribution in [2.45, 2.75) is 63.1 Å². The van der Waals surface area contributed by atoms with Crippen LogP contribution in [0, 0.1) is 0 Å². The molecular formula is C19H31FN2O7.